The van der Waals surface area contributed by atoms with Crippen LogP contribution in [0.15, 0.2) is 12.4 Å². The van der Waals surface area contributed by atoms with Gasteiger partial charge in [0.1, 0.15) is 0 Å². The van der Waals surface area contributed by atoms with Crippen LogP contribution in [0, 0.1) is 5.92 Å². The van der Waals surface area contributed by atoms with E-state index in [1.807, 2.05) is 0 Å². The second kappa shape index (κ2) is 6.03. The molecule has 6 heteroatoms. The third-order valence-electron chi connectivity index (χ3n) is 2.28. The molecule has 1 atom stereocenters. The molecule has 0 aromatic carbocycles. The predicted molar refractivity (Wildman–Crippen MR) is 61.3 cm³/mol. The molecule has 0 radical (unpaired) electrons. The summed E-state index contributed by atoms with van der Waals surface area (Å²) in [5.74, 6) is -0.651. The monoisotopic (exact) mass is 239 g/mol. The topological polar surface area (TPSA) is 73.2 Å². The van der Waals surface area contributed by atoms with Gasteiger partial charge in [0.25, 0.3) is 5.91 Å². The van der Waals surface area contributed by atoms with E-state index in [0.29, 0.717) is 12.4 Å². The van der Waals surface area contributed by atoms with E-state index < -0.39 is 0 Å². The number of rotatable bonds is 5. The molecule has 6 nitrogen and oxygen atoms in total. The molecule has 0 aliphatic rings. The molecule has 17 heavy (non-hydrogen) atoms. The molecular formula is C11H17N3O3. The Bertz CT molecular complexity index is 400. The Morgan fingerprint density at radius 1 is 1.59 bits per heavy atom. The van der Waals surface area contributed by atoms with Crippen LogP contribution in [-0.4, -0.2) is 34.6 Å². The van der Waals surface area contributed by atoms with E-state index in [1.54, 1.807) is 37.9 Å². The van der Waals surface area contributed by atoms with Crippen molar-refractivity contribution in [1.82, 2.24) is 14.9 Å². The molecule has 1 aromatic rings. The molecular weight excluding hydrogens is 222 g/mol. The highest BCUT2D eigenvalue weighted by molar-refractivity contribution is 5.91. The van der Waals surface area contributed by atoms with Crippen molar-refractivity contribution >= 4 is 11.9 Å². The molecule has 0 aliphatic carbocycles. The molecule has 0 saturated carbocycles. The van der Waals surface area contributed by atoms with Crippen molar-refractivity contribution in [3.05, 3.63) is 18.2 Å². The third kappa shape index (κ3) is 3.58. The molecule has 0 fully saturated rings. The smallest absolute Gasteiger partial charge is 0.310 e. The van der Waals surface area contributed by atoms with Gasteiger partial charge in [-0.25, -0.2) is 4.98 Å². The van der Waals surface area contributed by atoms with Gasteiger partial charge in [-0.1, -0.05) is 6.92 Å². The second-order valence-corrected chi connectivity index (χ2v) is 3.72. The summed E-state index contributed by atoms with van der Waals surface area (Å²) in [7, 11) is 1.73. The Hall–Kier alpha value is -1.85. The van der Waals surface area contributed by atoms with Crippen molar-refractivity contribution in [3.63, 3.8) is 0 Å². The zero-order valence-electron chi connectivity index (χ0n) is 10.3. The van der Waals surface area contributed by atoms with E-state index in [4.69, 9.17) is 4.74 Å². The first-order valence-corrected chi connectivity index (χ1v) is 5.48. The van der Waals surface area contributed by atoms with E-state index in [0.717, 1.165) is 0 Å². The molecule has 1 unspecified atom stereocenters. The molecule has 1 rings (SSSR count). The number of imidazole rings is 1. The van der Waals surface area contributed by atoms with Gasteiger partial charge in [0, 0.05) is 26.0 Å². The Labute approximate surface area is 100.0 Å². The number of carbonyl (C=O) groups excluding carboxylic acids is 2. The highest BCUT2D eigenvalue weighted by atomic mass is 16.5. The van der Waals surface area contributed by atoms with E-state index >= 15 is 0 Å². The molecule has 1 amide bonds. The van der Waals surface area contributed by atoms with Crippen molar-refractivity contribution in [2.45, 2.75) is 13.8 Å². The van der Waals surface area contributed by atoms with Gasteiger partial charge in [0.15, 0.2) is 5.82 Å². The SMILES string of the molecule is CCOC(=O)C(C)CNC(=O)c1nccn1C. The number of carbonyl (C=O) groups is 2. The van der Waals surface area contributed by atoms with Crippen molar-refractivity contribution in [1.29, 1.82) is 0 Å². The summed E-state index contributed by atoms with van der Waals surface area (Å²) < 4.78 is 6.45. The minimum Gasteiger partial charge on any atom is -0.466 e. The van der Waals surface area contributed by atoms with Gasteiger partial charge in [-0.3, -0.25) is 9.59 Å². The second-order valence-electron chi connectivity index (χ2n) is 3.72. The molecule has 0 aliphatic heterocycles. The van der Waals surface area contributed by atoms with Gasteiger partial charge in [0.05, 0.1) is 12.5 Å². The van der Waals surface area contributed by atoms with Crippen LogP contribution in [0.4, 0.5) is 0 Å². The van der Waals surface area contributed by atoms with Crippen LogP contribution >= 0.6 is 0 Å². The summed E-state index contributed by atoms with van der Waals surface area (Å²) in [4.78, 5) is 26.9. The Morgan fingerprint density at radius 3 is 2.82 bits per heavy atom. The van der Waals surface area contributed by atoms with E-state index in [-0.39, 0.29) is 24.3 Å². The van der Waals surface area contributed by atoms with Crippen LogP contribution < -0.4 is 5.32 Å². The molecule has 0 bridgehead atoms. The molecule has 1 heterocycles. The van der Waals surface area contributed by atoms with Gasteiger partial charge in [-0.2, -0.15) is 0 Å². The summed E-state index contributed by atoms with van der Waals surface area (Å²) in [5, 5.41) is 2.64. The zero-order chi connectivity index (χ0) is 12.8. The predicted octanol–water partition coefficient (Wildman–Crippen LogP) is 0.349. The largest absolute Gasteiger partial charge is 0.466 e. The molecule has 94 valence electrons. The van der Waals surface area contributed by atoms with Gasteiger partial charge in [0.2, 0.25) is 0 Å². The first kappa shape index (κ1) is 13.2. The number of aryl methyl sites for hydroxylation is 1. The van der Waals surface area contributed by atoms with Crippen molar-refractivity contribution in [2.24, 2.45) is 13.0 Å². The number of nitrogens with zero attached hydrogens (tertiary/aromatic N) is 2. The molecule has 1 aromatic heterocycles. The summed E-state index contributed by atoms with van der Waals surface area (Å²) >= 11 is 0. The minimum atomic E-state index is -0.362. The van der Waals surface area contributed by atoms with Crippen LogP contribution in [0.25, 0.3) is 0 Å². The van der Waals surface area contributed by atoms with E-state index in [9.17, 15) is 9.59 Å². The highest BCUT2D eigenvalue weighted by Gasteiger charge is 2.17. The quantitative estimate of drug-likeness (QED) is 0.752. The van der Waals surface area contributed by atoms with Crippen molar-refractivity contribution < 1.29 is 14.3 Å². The highest BCUT2D eigenvalue weighted by Crippen LogP contribution is 1.98. The Morgan fingerprint density at radius 2 is 2.29 bits per heavy atom. The van der Waals surface area contributed by atoms with E-state index in [1.165, 1.54) is 0 Å². The van der Waals surface area contributed by atoms with Crippen LogP contribution in [0.2, 0.25) is 0 Å². The molecule has 0 spiro atoms. The average Bonchev–Trinajstić information content (AvgIpc) is 2.72. The number of esters is 1. The maximum absolute atomic E-state index is 11.7. The lowest BCUT2D eigenvalue weighted by molar-refractivity contribution is -0.147. The number of hydrogen-bond acceptors (Lipinski definition) is 4. The summed E-state index contributed by atoms with van der Waals surface area (Å²) in [5.41, 5.74) is 0. The maximum Gasteiger partial charge on any atom is 0.310 e. The van der Waals surface area contributed by atoms with Gasteiger partial charge in [-0.15, -0.1) is 0 Å². The average molecular weight is 239 g/mol. The number of amides is 1. The fraction of sp³-hybridized carbons (Fsp3) is 0.545. The lowest BCUT2D eigenvalue weighted by Gasteiger charge is -2.11. The Kier molecular flexibility index (Phi) is 4.68. The number of ether oxygens (including phenoxy) is 1. The van der Waals surface area contributed by atoms with Crippen molar-refractivity contribution in [3.8, 4) is 0 Å². The lowest BCUT2D eigenvalue weighted by atomic mass is 10.2. The van der Waals surface area contributed by atoms with Gasteiger partial charge < -0.3 is 14.6 Å². The maximum atomic E-state index is 11.7. The first-order valence-electron chi connectivity index (χ1n) is 5.48. The fourth-order valence-electron chi connectivity index (χ4n) is 1.28. The summed E-state index contributed by atoms with van der Waals surface area (Å²) in [6.07, 6.45) is 3.23. The summed E-state index contributed by atoms with van der Waals surface area (Å²) in [6.45, 7) is 4.04. The van der Waals surface area contributed by atoms with Crippen LogP contribution in [0.5, 0.6) is 0 Å². The van der Waals surface area contributed by atoms with E-state index in [2.05, 4.69) is 10.3 Å². The molecule has 1 N–H and O–H groups in total. The number of aromatic nitrogens is 2. The summed E-state index contributed by atoms with van der Waals surface area (Å²) in [6, 6.07) is 0. The van der Waals surface area contributed by atoms with Crippen LogP contribution in [-0.2, 0) is 16.6 Å². The third-order valence-corrected chi connectivity index (χ3v) is 2.28. The standard InChI is InChI=1S/C11H17N3O3/c1-4-17-11(16)8(2)7-13-10(15)9-12-5-6-14(9)3/h5-6,8H,4,7H2,1-3H3,(H,13,15). The lowest BCUT2D eigenvalue weighted by Crippen LogP contribution is -2.33. The normalized spacial score (nSPS) is 11.9. The van der Waals surface area contributed by atoms with Crippen LogP contribution in [0.3, 0.4) is 0 Å². The number of nitrogens with one attached hydrogen (secondary N) is 1. The Balaban J connectivity index is 2.44. The fourth-order valence-corrected chi connectivity index (χ4v) is 1.28. The van der Waals surface area contributed by atoms with Gasteiger partial charge >= 0.3 is 5.97 Å². The minimum absolute atomic E-state index is 0.241. The van der Waals surface area contributed by atoms with Crippen molar-refractivity contribution in [2.75, 3.05) is 13.2 Å². The van der Waals surface area contributed by atoms with Crippen LogP contribution in [0.1, 0.15) is 24.5 Å². The van der Waals surface area contributed by atoms with Gasteiger partial charge in [-0.05, 0) is 6.92 Å². The first-order chi connectivity index (χ1) is 8.06. The number of hydrogen-bond donors (Lipinski definition) is 1. The molecule has 0 saturated heterocycles. The zero-order valence-corrected chi connectivity index (χ0v) is 10.3.